The number of carbonyl (C=O) groups excluding carboxylic acids is 2. The van der Waals surface area contributed by atoms with E-state index in [4.69, 9.17) is 0 Å². The van der Waals surface area contributed by atoms with Crippen LogP contribution in [0.5, 0.6) is 0 Å². The van der Waals surface area contributed by atoms with Crippen molar-refractivity contribution < 1.29 is 9.59 Å². The molecule has 3 nitrogen and oxygen atoms in total. The number of aliphatic imine (C=N–C) groups is 1. The van der Waals surface area contributed by atoms with Crippen molar-refractivity contribution in [2.45, 2.75) is 0 Å². The van der Waals surface area contributed by atoms with Gasteiger partial charge in [0.05, 0.1) is 10.8 Å². The van der Waals surface area contributed by atoms with E-state index in [-0.39, 0.29) is 5.91 Å². The molecule has 0 N–H and O–H groups in total. The molecule has 0 saturated heterocycles. The molecule has 0 fully saturated rings. The van der Waals surface area contributed by atoms with Crippen molar-refractivity contribution in [2.75, 3.05) is 0 Å². The Morgan fingerprint density at radius 2 is 2.15 bits per heavy atom. The first-order chi connectivity index (χ1) is 6.33. The summed E-state index contributed by atoms with van der Waals surface area (Å²) in [6.45, 7) is 0. The summed E-state index contributed by atoms with van der Waals surface area (Å²) in [4.78, 5) is 25.3. The van der Waals surface area contributed by atoms with Gasteiger partial charge in [-0.3, -0.25) is 4.79 Å². The summed E-state index contributed by atoms with van der Waals surface area (Å²) in [6, 6.07) is 4.91. The molecule has 62 valence electrons. The lowest BCUT2D eigenvalue weighted by Gasteiger charge is -1.99. The van der Waals surface area contributed by atoms with Gasteiger partial charge in [0, 0.05) is 11.4 Å². The van der Waals surface area contributed by atoms with Crippen molar-refractivity contribution in [1.29, 1.82) is 0 Å². The largest absolute Gasteiger partial charge is 0.277 e. The Morgan fingerprint density at radius 3 is 2.92 bits per heavy atom. The minimum atomic E-state index is -0.311. The smallest absolute Gasteiger partial charge is 0.267 e. The van der Waals surface area contributed by atoms with E-state index >= 15 is 0 Å². The molecule has 0 saturated carbocycles. The van der Waals surface area contributed by atoms with Gasteiger partial charge in [0.25, 0.3) is 5.91 Å². The van der Waals surface area contributed by atoms with Gasteiger partial charge in [-0.05, 0) is 18.2 Å². The number of amides is 1. The fourth-order valence-electron chi connectivity index (χ4n) is 1.27. The molecule has 0 radical (unpaired) electrons. The molecule has 0 bridgehead atoms. The maximum absolute atomic E-state index is 11.2. The molecule has 0 spiro atoms. The van der Waals surface area contributed by atoms with Crippen LogP contribution in [0.1, 0.15) is 10.4 Å². The van der Waals surface area contributed by atoms with Gasteiger partial charge in [0.2, 0.25) is 0 Å². The van der Waals surface area contributed by atoms with Gasteiger partial charge in [-0.1, -0.05) is 6.07 Å². The summed E-state index contributed by atoms with van der Waals surface area (Å²) >= 11 is 0. The Balaban J connectivity index is 3.01. The van der Waals surface area contributed by atoms with E-state index in [0.717, 1.165) is 0 Å². The number of rotatable bonds is 0. The van der Waals surface area contributed by atoms with Crippen molar-refractivity contribution in [3.63, 3.8) is 0 Å². The molecule has 1 aliphatic heterocycles. The van der Waals surface area contributed by atoms with Crippen LogP contribution in [-0.4, -0.2) is 18.1 Å². The van der Waals surface area contributed by atoms with Gasteiger partial charge in [0.15, 0.2) is 0 Å². The summed E-state index contributed by atoms with van der Waals surface area (Å²) in [5.41, 5.74) is 0.461. The van der Waals surface area contributed by atoms with Crippen LogP contribution < -0.4 is 10.4 Å². The van der Waals surface area contributed by atoms with E-state index in [1.165, 1.54) is 6.21 Å². The quantitative estimate of drug-likeness (QED) is 0.512. The van der Waals surface area contributed by atoms with Gasteiger partial charge in [0.1, 0.15) is 5.94 Å². The highest BCUT2D eigenvalue weighted by Crippen LogP contribution is 1.94. The van der Waals surface area contributed by atoms with Crippen molar-refractivity contribution in [2.24, 2.45) is 4.99 Å². The van der Waals surface area contributed by atoms with Crippen molar-refractivity contribution in [3.05, 3.63) is 34.2 Å². The molecule has 13 heavy (non-hydrogen) atoms. The Morgan fingerprint density at radius 1 is 1.31 bits per heavy atom. The van der Waals surface area contributed by atoms with E-state index in [1.807, 2.05) is 0 Å². The zero-order valence-electron chi connectivity index (χ0n) is 6.65. The van der Waals surface area contributed by atoms with Crippen molar-refractivity contribution in [3.8, 4) is 0 Å². The van der Waals surface area contributed by atoms with E-state index in [0.29, 0.717) is 16.0 Å². The monoisotopic (exact) mass is 171 g/mol. The number of hydrogen-bond donors (Lipinski definition) is 0. The fourth-order valence-corrected chi connectivity index (χ4v) is 1.27. The Labute approximate surface area is 73.7 Å². The molecule has 1 amide bonds. The number of nitrogens with zero attached hydrogens (tertiary/aromatic N) is 1. The van der Waals surface area contributed by atoms with Crippen LogP contribution in [0.25, 0.3) is 6.08 Å². The van der Waals surface area contributed by atoms with E-state index in [9.17, 15) is 9.59 Å². The molecule has 2 rings (SSSR count). The van der Waals surface area contributed by atoms with E-state index < -0.39 is 0 Å². The maximum atomic E-state index is 11.2. The lowest BCUT2D eigenvalue weighted by molar-refractivity contribution is 0.100. The fraction of sp³-hybridized carbons (Fsp3) is 0. The van der Waals surface area contributed by atoms with Crippen LogP contribution in [-0.2, 0) is 4.79 Å². The summed E-state index contributed by atoms with van der Waals surface area (Å²) in [5, 5.41) is 1.01. The molecule has 1 aliphatic rings. The summed E-state index contributed by atoms with van der Waals surface area (Å²) < 4.78 is 0. The van der Waals surface area contributed by atoms with Crippen LogP contribution in [0.15, 0.2) is 23.2 Å². The summed E-state index contributed by atoms with van der Waals surface area (Å²) in [5.74, 6) is 1.47. The highest BCUT2D eigenvalue weighted by molar-refractivity contribution is 6.09. The molecule has 1 heterocycles. The second-order valence-electron chi connectivity index (χ2n) is 2.62. The topological polar surface area (TPSA) is 46.5 Å². The average Bonchev–Trinajstić information content (AvgIpc) is 2.18. The molecule has 0 aliphatic carbocycles. The highest BCUT2D eigenvalue weighted by Gasteiger charge is 2.08. The Bertz CT molecular complexity index is 537. The van der Waals surface area contributed by atoms with Crippen molar-refractivity contribution in [1.82, 2.24) is 0 Å². The van der Waals surface area contributed by atoms with Gasteiger partial charge in [-0.25, -0.2) is 9.79 Å². The molecule has 0 atom stereocenters. The first-order valence-electron chi connectivity index (χ1n) is 3.76. The van der Waals surface area contributed by atoms with Crippen LogP contribution >= 0.6 is 0 Å². The van der Waals surface area contributed by atoms with Gasteiger partial charge < -0.3 is 0 Å². The zero-order valence-corrected chi connectivity index (χ0v) is 6.65. The zero-order chi connectivity index (χ0) is 9.26. The predicted octanol–water partition coefficient (Wildman–Crippen LogP) is -0.805. The summed E-state index contributed by atoms with van der Waals surface area (Å²) in [7, 11) is 0. The third kappa shape index (κ3) is 1.11. The minimum Gasteiger partial charge on any atom is -0.267 e. The SMILES string of the molecule is O=C=c1cccc2c1=CC=NC2=O. The Hall–Kier alpha value is -1.99. The lowest BCUT2D eigenvalue weighted by Crippen LogP contribution is -2.33. The first-order valence-corrected chi connectivity index (χ1v) is 3.76. The maximum Gasteiger partial charge on any atom is 0.277 e. The second-order valence-corrected chi connectivity index (χ2v) is 2.62. The molecule has 1 aromatic rings. The molecule has 0 unspecified atom stereocenters. The standard InChI is InChI=1S/C10H5NO2/c12-6-7-2-1-3-9-8(7)4-5-11-10(9)13/h1-5H. The van der Waals surface area contributed by atoms with Crippen LogP contribution in [0.4, 0.5) is 0 Å². The van der Waals surface area contributed by atoms with Crippen LogP contribution in [0.2, 0.25) is 0 Å². The lowest BCUT2D eigenvalue weighted by atomic mass is 10.1. The molecular formula is C10H5NO2. The number of carbonyl (C=O) groups is 1. The van der Waals surface area contributed by atoms with Gasteiger partial charge in [-0.2, -0.15) is 0 Å². The Kier molecular flexibility index (Phi) is 1.65. The third-order valence-corrected chi connectivity index (χ3v) is 1.88. The van der Waals surface area contributed by atoms with Gasteiger partial charge >= 0.3 is 0 Å². The first kappa shape index (κ1) is 7.65. The predicted molar refractivity (Wildman–Crippen MR) is 47.8 cm³/mol. The molecular weight excluding hydrogens is 166 g/mol. The second kappa shape index (κ2) is 2.81. The van der Waals surface area contributed by atoms with Crippen LogP contribution in [0.3, 0.4) is 0 Å². The third-order valence-electron chi connectivity index (χ3n) is 1.88. The van der Waals surface area contributed by atoms with Crippen molar-refractivity contribution >= 4 is 24.1 Å². The summed E-state index contributed by atoms with van der Waals surface area (Å²) in [6.07, 6.45) is 3.03. The van der Waals surface area contributed by atoms with Crippen LogP contribution in [0, 0.1) is 0 Å². The number of fused-ring (bicyclic) bond motifs is 1. The normalized spacial score (nSPS) is 13.1. The number of benzene rings is 1. The highest BCUT2D eigenvalue weighted by atomic mass is 16.1. The molecule has 0 aromatic heterocycles. The molecule has 3 heteroatoms. The van der Waals surface area contributed by atoms with E-state index in [1.54, 1.807) is 30.2 Å². The van der Waals surface area contributed by atoms with Gasteiger partial charge in [-0.15, -0.1) is 0 Å². The number of hydrogen-bond acceptors (Lipinski definition) is 2. The van der Waals surface area contributed by atoms with E-state index in [2.05, 4.69) is 4.99 Å². The average molecular weight is 171 g/mol. The minimum absolute atomic E-state index is 0.311. The molecule has 1 aromatic carbocycles.